The smallest absolute Gasteiger partial charge is 0.239 e. The maximum atomic E-state index is 11.9. The van der Waals surface area contributed by atoms with Crippen LogP contribution in [0.15, 0.2) is 24.3 Å². The van der Waals surface area contributed by atoms with Crippen LogP contribution in [0, 0.1) is 0 Å². The highest BCUT2D eigenvalue weighted by molar-refractivity contribution is 5.85. The molecule has 5 nitrogen and oxygen atoms in total. The van der Waals surface area contributed by atoms with Gasteiger partial charge in [0.2, 0.25) is 11.8 Å². The van der Waals surface area contributed by atoms with Gasteiger partial charge in [-0.25, -0.2) is 0 Å². The minimum Gasteiger partial charge on any atom is -0.352 e. The van der Waals surface area contributed by atoms with Gasteiger partial charge in [-0.2, -0.15) is 0 Å². The summed E-state index contributed by atoms with van der Waals surface area (Å²) in [5.74, 6) is -0.254. The lowest BCUT2D eigenvalue weighted by molar-refractivity contribution is -0.127. The highest BCUT2D eigenvalue weighted by atomic mass is 16.2. The van der Waals surface area contributed by atoms with Crippen molar-refractivity contribution in [2.75, 3.05) is 19.6 Å². The first-order valence-corrected chi connectivity index (χ1v) is 7.40. The van der Waals surface area contributed by atoms with Crippen molar-refractivity contribution < 1.29 is 9.59 Å². The number of nitrogens with one attached hydrogen (secondary N) is 2. The van der Waals surface area contributed by atoms with Gasteiger partial charge in [0.15, 0.2) is 0 Å². The van der Waals surface area contributed by atoms with Gasteiger partial charge in [0, 0.05) is 19.1 Å². The van der Waals surface area contributed by atoms with Crippen LogP contribution < -0.4 is 10.6 Å². The van der Waals surface area contributed by atoms with Crippen molar-refractivity contribution in [3.8, 4) is 0 Å². The molecule has 0 atom stereocenters. The van der Waals surface area contributed by atoms with E-state index >= 15 is 0 Å². The van der Waals surface area contributed by atoms with Crippen molar-refractivity contribution in [1.82, 2.24) is 15.5 Å². The van der Waals surface area contributed by atoms with E-state index in [0.717, 1.165) is 19.5 Å². The Kier molecular flexibility index (Phi) is 5.33. The lowest BCUT2D eigenvalue weighted by Crippen LogP contribution is -2.44. The lowest BCUT2D eigenvalue weighted by atomic mass is 10.00. The van der Waals surface area contributed by atoms with E-state index in [1.54, 1.807) is 0 Å². The van der Waals surface area contributed by atoms with Crippen molar-refractivity contribution in [1.29, 1.82) is 0 Å². The molecule has 0 unspecified atom stereocenters. The van der Waals surface area contributed by atoms with Crippen molar-refractivity contribution in [3.05, 3.63) is 35.4 Å². The van der Waals surface area contributed by atoms with Crippen LogP contribution in [0.4, 0.5) is 0 Å². The van der Waals surface area contributed by atoms with Crippen LogP contribution in [0.25, 0.3) is 0 Å². The van der Waals surface area contributed by atoms with Gasteiger partial charge in [-0.05, 0) is 31.4 Å². The number of benzene rings is 1. The molecule has 2 rings (SSSR count). The fourth-order valence-electron chi connectivity index (χ4n) is 2.50. The molecule has 0 aromatic heterocycles. The van der Waals surface area contributed by atoms with Gasteiger partial charge in [-0.3, -0.25) is 14.5 Å². The number of nitrogens with zero attached hydrogens (tertiary/aromatic N) is 1. The van der Waals surface area contributed by atoms with Gasteiger partial charge < -0.3 is 10.6 Å². The largest absolute Gasteiger partial charge is 0.352 e. The predicted octanol–water partition coefficient (Wildman–Crippen LogP) is 0.686. The normalized spacial score (nSPS) is 14.6. The second-order valence-corrected chi connectivity index (χ2v) is 5.73. The number of fused-ring (bicyclic) bond motifs is 1. The zero-order valence-corrected chi connectivity index (χ0v) is 12.7. The quantitative estimate of drug-likeness (QED) is 0.838. The van der Waals surface area contributed by atoms with Crippen molar-refractivity contribution in [2.45, 2.75) is 32.9 Å². The molecule has 1 aromatic carbocycles. The van der Waals surface area contributed by atoms with Gasteiger partial charge in [-0.15, -0.1) is 0 Å². The van der Waals surface area contributed by atoms with E-state index in [4.69, 9.17) is 0 Å². The fourth-order valence-corrected chi connectivity index (χ4v) is 2.50. The first-order valence-electron chi connectivity index (χ1n) is 7.40. The van der Waals surface area contributed by atoms with Crippen molar-refractivity contribution in [3.63, 3.8) is 0 Å². The van der Waals surface area contributed by atoms with Crippen LogP contribution in [0.3, 0.4) is 0 Å². The summed E-state index contributed by atoms with van der Waals surface area (Å²) in [6, 6.07) is 8.42. The van der Waals surface area contributed by atoms with Gasteiger partial charge in [0.1, 0.15) is 0 Å². The Morgan fingerprint density at radius 3 is 2.62 bits per heavy atom. The molecule has 0 radical (unpaired) electrons. The summed E-state index contributed by atoms with van der Waals surface area (Å²) in [6.07, 6.45) is 0.970. The molecule has 5 heteroatoms. The number of hydrogen-bond acceptors (Lipinski definition) is 3. The molecule has 1 aromatic rings. The van der Waals surface area contributed by atoms with Crippen LogP contribution in [0.2, 0.25) is 0 Å². The summed E-state index contributed by atoms with van der Waals surface area (Å²) < 4.78 is 0. The molecule has 2 N–H and O–H groups in total. The second kappa shape index (κ2) is 7.22. The third-order valence-corrected chi connectivity index (χ3v) is 3.47. The summed E-state index contributed by atoms with van der Waals surface area (Å²) >= 11 is 0. The van der Waals surface area contributed by atoms with E-state index in [1.165, 1.54) is 11.1 Å². The molecule has 114 valence electrons. The monoisotopic (exact) mass is 289 g/mol. The number of amides is 2. The van der Waals surface area contributed by atoms with Crippen molar-refractivity contribution in [2.24, 2.45) is 0 Å². The zero-order chi connectivity index (χ0) is 15.2. The summed E-state index contributed by atoms with van der Waals surface area (Å²) in [4.78, 5) is 25.5. The predicted molar refractivity (Wildman–Crippen MR) is 81.7 cm³/mol. The molecule has 21 heavy (non-hydrogen) atoms. The maximum absolute atomic E-state index is 11.9. The zero-order valence-electron chi connectivity index (χ0n) is 12.7. The highest BCUT2D eigenvalue weighted by Gasteiger charge is 2.18. The molecule has 0 saturated heterocycles. The summed E-state index contributed by atoms with van der Waals surface area (Å²) in [7, 11) is 0. The molecular formula is C16H23N3O2. The van der Waals surface area contributed by atoms with E-state index in [2.05, 4.69) is 33.7 Å². The van der Waals surface area contributed by atoms with Crippen molar-refractivity contribution >= 4 is 11.8 Å². The average Bonchev–Trinajstić information content (AvgIpc) is 2.44. The Morgan fingerprint density at radius 2 is 1.90 bits per heavy atom. The van der Waals surface area contributed by atoms with Crippen LogP contribution in [-0.2, 0) is 22.6 Å². The standard InChI is InChI=1S/C16H23N3O2/c1-12(2)18-15(20)9-17-16(21)11-19-8-7-13-5-3-4-6-14(13)10-19/h3-6,12H,7-11H2,1-2H3,(H,17,21)(H,18,20). The summed E-state index contributed by atoms with van der Waals surface area (Å²) in [5, 5.41) is 5.41. The molecule has 0 bridgehead atoms. The molecular weight excluding hydrogens is 266 g/mol. The van der Waals surface area contributed by atoms with Gasteiger partial charge in [0.05, 0.1) is 13.1 Å². The third kappa shape index (κ3) is 4.86. The lowest BCUT2D eigenvalue weighted by Gasteiger charge is -2.28. The molecule has 0 fully saturated rings. The molecule has 2 amide bonds. The van der Waals surface area contributed by atoms with Crippen LogP contribution in [0.5, 0.6) is 0 Å². The molecule has 1 aliphatic rings. The third-order valence-electron chi connectivity index (χ3n) is 3.47. The molecule has 0 saturated carbocycles. The summed E-state index contributed by atoms with van der Waals surface area (Å²) in [5.41, 5.74) is 2.65. The SMILES string of the molecule is CC(C)NC(=O)CNC(=O)CN1CCc2ccccc2C1. The molecule has 0 spiro atoms. The Bertz CT molecular complexity index is 514. The van der Waals surface area contributed by atoms with Gasteiger partial charge in [-0.1, -0.05) is 24.3 Å². The van der Waals surface area contributed by atoms with Crippen LogP contribution in [-0.4, -0.2) is 42.4 Å². The second-order valence-electron chi connectivity index (χ2n) is 5.73. The van der Waals surface area contributed by atoms with Gasteiger partial charge in [0.25, 0.3) is 0 Å². The van der Waals surface area contributed by atoms with Crippen LogP contribution in [0.1, 0.15) is 25.0 Å². The van der Waals surface area contributed by atoms with E-state index in [0.29, 0.717) is 6.54 Å². The van der Waals surface area contributed by atoms with E-state index in [9.17, 15) is 9.59 Å². The Morgan fingerprint density at radius 1 is 1.19 bits per heavy atom. The number of hydrogen-bond donors (Lipinski definition) is 2. The molecule has 1 aliphatic heterocycles. The first kappa shape index (κ1) is 15.5. The topological polar surface area (TPSA) is 61.4 Å². The Labute approximate surface area is 125 Å². The molecule has 0 aliphatic carbocycles. The summed E-state index contributed by atoms with van der Waals surface area (Å²) in [6.45, 7) is 5.84. The Balaban J connectivity index is 1.75. The number of carbonyl (C=O) groups excluding carboxylic acids is 2. The minimum atomic E-state index is -0.151. The molecule has 1 heterocycles. The fraction of sp³-hybridized carbons (Fsp3) is 0.500. The average molecular weight is 289 g/mol. The number of carbonyl (C=O) groups is 2. The number of rotatable bonds is 5. The minimum absolute atomic E-state index is 0.0431. The Hall–Kier alpha value is -1.88. The maximum Gasteiger partial charge on any atom is 0.239 e. The first-order chi connectivity index (χ1) is 10.0. The van der Waals surface area contributed by atoms with Crippen LogP contribution >= 0.6 is 0 Å². The van der Waals surface area contributed by atoms with Gasteiger partial charge >= 0.3 is 0 Å². The van der Waals surface area contributed by atoms with E-state index in [-0.39, 0.29) is 24.4 Å². The van der Waals surface area contributed by atoms with E-state index < -0.39 is 0 Å². The van der Waals surface area contributed by atoms with E-state index in [1.807, 2.05) is 19.9 Å². The highest BCUT2D eigenvalue weighted by Crippen LogP contribution is 2.17.